The molecule has 1 fully saturated rings. The highest BCUT2D eigenvalue weighted by atomic mass is 79.9. The SMILES string of the molecule is Cc1ccc(S(=O)(=O)N(C)C2CCNCC2)cc1Br.Cl. The van der Waals surface area contributed by atoms with E-state index in [1.54, 1.807) is 19.2 Å². The number of halogens is 2. The van der Waals surface area contributed by atoms with Gasteiger partial charge < -0.3 is 5.32 Å². The Morgan fingerprint density at radius 1 is 1.30 bits per heavy atom. The Morgan fingerprint density at radius 2 is 1.90 bits per heavy atom. The number of aryl methyl sites for hydroxylation is 1. The number of benzene rings is 1. The first-order valence-electron chi connectivity index (χ1n) is 6.38. The molecule has 0 aromatic heterocycles. The summed E-state index contributed by atoms with van der Waals surface area (Å²) in [5.74, 6) is 0. The third-order valence-corrected chi connectivity index (χ3v) is 6.40. The van der Waals surface area contributed by atoms with E-state index >= 15 is 0 Å². The molecule has 0 amide bonds. The van der Waals surface area contributed by atoms with Gasteiger partial charge in [-0.3, -0.25) is 0 Å². The van der Waals surface area contributed by atoms with Gasteiger partial charge in [0.1, 0.15) is 0 Å². The van der Waals surface area contributed by atoms with Crippen molar-refractivity contribution in [3.8, 4) is 0 Å². The molecule has 1 aliphatic heterocycles. The second kappa shape index (κ2) is 7.22. The van der Waals surface area contributed by atoms with Crippen LogP contribution < -0.4 is 5.32 Å². The number of piperidine rings is 1. The van der Waals surface area contributed by atoms with Crippen molar-refractivity contribution in [2.24, 2.45) is 0 Å². The fraction of sp³-hybridized carbons (Fsp3) is 0.538. The highest BCUT2D eigenvalue weighted by molar-refractivity contribution is 9.10. The summed E-state index contributed by atoms with van der Waals surface area (Å²) >= 11 is 3.39. The highest BCUT2D eigenvalue weighted by Gasteiger charge is 2.29. The van der Waals surface area contributed by atoms with Crippen molar-refractivity contribution in [3.05, 3.63) is 28.2 Å². The van der Waals surface area contributed by atoms with E-state index in [0.717, 1.165) is 36.0 Å². The van der Waals surface area contributed by atoms with E-state index in [9.17, 15) is 8.42 Å². The zero-order valence-electron chi connectivity index (χ0n) is 11.6. The maximum absolute atomic E-state index is 12.6. The van der Waals surface area contributed by atoms with Gasteiger partial charge >= 0.3 is 0 Å². The zero-order chi connectivity index (χ0) is 14.0. The van der Waals surface area contributed by atoms with E-state index in [4.69, 9.17) is 0 Å². The molecule has 1 aromatic rings. The topological polar surface area (TPSA) is 49.4 Å². The Bertz CT molecular complexity index is 559. The van der Waals surface area contributed by atoms with Gasteiger partial charge in [0.25, 0.3) is 0 Å². The average Bonchev–Trinajstić information content (AvgIpc) is 2.41. The van der Waals surface area contributed by atoms with Crippen LogP contribution in [0, 0.1) is 6.92 Å². The minimum absolute atomic E-state index is 0. The Morgan fingerprint density at radius 3 is 2.45 bits per heavy atom. The van der Waals surface area contributed by atoms with Crippen molar-refractivity contribution in [1.82, 2.24) is 9.62 Å². The molecule has 0 radical (unpaired) electrons. The molecule has 0 aliphatic carbocycles. The average molecular weight is 384 g/mol. The van der Waals surface area contributed by atoms with Gasteiger partial charge in [0, 0.05) is 17.6 Å². The molecular weight excluding hydrogens is 364 g/mol. The summed E-state index contributed by atoms with van der Waals surface area (Å²) in [6.45, 7) is 3.70. The molecule has 0 atom stereocenters. The van der Waals surface area contributed by atoms with E-state index in [1.807, 2.05) is 13.0 Å². The molecule has 2 rings (SSSR count). The van der Waals surface area contributed by atoms with Gasteiger partial charge in [-0.1, -0.05) is 22.0 Å². The summed E-state index contributed by atoms with van der Waals surface area (Å²) in [7, 11) is -1.72. The first-order valence-corrected chi connectivity index (χ1v) is 8.61. The quantitative estimate of drug-likeness (QED) is 0.872. The lowest BCUT2D eigenvalue weighted by Crippen LogP contribution is -2.43. The third kappa shape index (κ3) is 3.74. The molecule has 1 heterocycles. The number of hydrogen-bond donors (Lipinski definition) is 1. The van der Waals surface area contributed by atoms with E-state index < -0.39 is 10.0 Å². The number of rotatable bonds is 3. The minimum atomic E-state index is -3.40. The van der Waals surface area contributed by atoms with E-state index in [-0.39, 0.29) is 18.4 Å². The van der Waals surface area contributed by atoms with Crippen LogP contribution in [0.1, 0.15) is 18.4 Å². The van der Waals surface area contributed by atoms with Crippen LogP contribution in [0.25, 0.3) is 0 Å². The smallest absolute Gasteiger partial charge is 0.243 e. The van der Waals surface area contributed by atoms with Crippen LogP contribution in [0.3, 0.4) is 0 Å². The second-order valence-electron chi connectivity index (χ2n) is 4.91. The maximum atomic E-state index is 12.6. The predicted molar refractivity (Wildman–Crippen MR) is 87.0 cm³/mol. The highest BCUT2D eigenvalue weighted by Crippen LogP contribution is 2.25. The van der Waals surface area contributed by atoms with Crippen LogP contribution in [-0.4, -0.2) is 38.9 Å². The van der Waals surface area contributed by atoms with E-state index in [0.29, 0.717) is 4.90 Å². The van der Waals surface area contributed by atoms with Crippen LogP contribution in [-0.2, 0) is 10.0 Å². The van der Waals surface area contributed by atoms with Crippen LogP contribution >= 0.6 is 28.3 Å². The lowest BCUT2D eigenvalue weighted by Gasteiger charge is -2.30. The molecule has 114 valence electrons. The first-order chi connectivity index (χ1) is 8.93. The summed E-state index contributed by atoms with van der Waals surface area (Å²) in [6, 6.07) is 5.27. The molecule has 0 saturated carbocycles. The normalized spacial score (nSPS) is 17.0. The van der Waals surface area contributed by atoms with E-state index in [2.05, 4.69) is 21.2 Å². The molecular formula is C13H20BrClN2O2S. The molecule has 7 heteroatoms. The fourth-order valence-corrected chi connectivity index (χ4v) is 4.24. The van der Waals surface area contributed by atoms with Gasteiger partial charge in [0.05, 0.1) is 4.90 Å². The van der Waals surface area contributed by atoms with Crippen LogP contribution in [0.15, 0.2) is 27.6 Å². The number of nitrogens with zero attached hydrogens (tertiary/aromatic N) is 1. The predicted octanol–water partition coefficient (Wildman–Crippen LogP) is 2.55. The fourth-order valence-electron chi connectivity index (χ4n) is 2.27. The minimum Gasteiger partial charge on any atom is -0.317 e. The lowest BCUT2D eigenvalue weighted by atomic mass is 10.1. The van der Waals surface area contributed by atoms with Gasteiger partial charge in [-0.2, -0.15) is 4.31 Å². The van der Waals surface area contributed by atoms with Crippen LogP contribution in [0.5, 0.6) is 0 Å². The van der Waals surface area contributed by atoms with Crippen molar-refractivity contribution in [2.45, 2.75) is 30.7 Å². The van der Waals surface area contributed by atoms with Crippen molar-refractivity contribution in [3.63, 3.8) is 0 Å². The third-order valence-electron chi connectivity index (χ3n) is 3.64. The molecule has 1 N–H and O–H groups in total. The summed E-state index contributed by atoms with van der Waals surface area (Å²) in [5.41, 5.74) is 1.03. The van der Waals surface area contributed by atoms with Crippen molar-refractivity contribution >= 4 is 38.4 Å². The molecule has 4 nitrogen and oxygen atoms in total. The largest absolute Gasteiger partial charge is 0.317 e. The van der Waals surface area contributed by atoms with Gasteiger partial charge in [-0.25, -0.2) is 8.42 Å². The molecule has 1 saturated heterocycles. The van der Waals surface area contributed by atoms with Crippen LogP contribution in [0.4, 0.5) is 0 Å². The van der Waals surface area contributed by atoms with Gasteiger partial charge in [0.15, 0.2) is 0 Å². The molecule has 1 aliphatic rings. The summed E-state index contributed by atoms with van der Waals surface area (Å²) < 4.78 is 27.5. The van der Waals surface area contributed by atoms with Gasteiger partial charge in [-0.15, -0.1) is 12.4 Å². The van der Waals surface area contributed by atoms with Crippen molar-refractivity contribution < 1.29 is 8.42 Å². The summed E-state index contributed by atoms with van der Waals surface area (Å²) in [4.78, 5) is 0.353. The summed E-state index contributed by atoms with van der Waals surface area (Å²) in [5, 5.41) is 3.25. The second-order valence-corrected chi connectivity index (χ2v) is 7.77. The monoisotopic (exact) mass is 382 g/mol. The first kappa shape index (κ1) is 17.9. The Kier molecular flexibility index (Phi) is 6.47. The van der Waals surface area contributed by atoms with Gasteiger partial charge in [0.2, 0.25) is 10.0 Å². The van der Waals surface area contributed by atoms with Crippen LogP contribution in [0.2, 0.25) is 0 Å². The molecule has 0 bridgehead atoms. The Hall–Kier alpha value is -0.140. The summed E-state index contributed by atoms with van der Waals surface area (Å²) in [6.07, 6.45) is 1.73. The van der Waals surface area contributed by atoms with E-state index in [1.165, 1.54) is 4.31 Å². The number of sulfonamides is 1. The molecule has 0 unspecified atom stereocenters. The Balaban J connectivity index is 0.00000200. The lowest BCUT2D eigenvalue weighted by molar-refractivity contribution is 0.296. The Labute approximate surface area is 135 Å². The zero-order valence-corrected chi connectivity index (χ0v) is 14.8. The maximum Gasteiger partial charge on any atom is 0.243 e. The molecule has 1 aromatic carbocycles. The number of nitrogens with one attached hydrogen (secondary N) is 1. The van der Waals surface area contributed by atoms with Crippen molar-refractivity contribution in [2.75, 3.05) is 20.1 Å². The molecule has 0 spiro atoms. The number of hydrogen-bond acceptors (Lipinski definition) is 3. The van der Waals surface area contributed by atoms with Gasteiger partial charge in [-0.05, 0) is 50.6 Å². The van der Waals surface area contributed by atoms with Crippen molar-refractivity contribution in [1.29, 1.82) is 0 Å². The molecule has 20 heavy (non-hydrogen) atoms. The standard InChI is InChI=1S/C13H19BrN2O2S.ClH/c1-10-3-4-12(9-13(10)14)19(17,18)16(2)11-5-7-15-8-6-11;/h3-4,9,11,15H,5-8H2,1-2H3;1H.